The number of thiazole rings is 1. The van der Waals surface area contributed by atoms with Gasteiger partial charge < -0.3 is 19.3 Å². The van der Waals surface area contributed by atoms with Gasteiger partial charge in [0.1, 0.15) is 12.9 Å². The molecular formula is C21H18ClNO4S2. The maximum absolute atomic E-state index is 11.9. The largest absolute Gasteiger partial charge is 0.493 e. The van der Waals surface area contributed by atoms with E-state index in [-0.39, 0.29) is 16.7 Å². The van der Waals surface area contributed by atoms with E-state index >= 15 is 0 Å². The smallest absolute Gasteiger partial charge is 0.305 e. The Labute approximate surface area is 181 Å². The first-order valence-corrected chi connectivity index (χ1v) is 11.1. The highest BCUT2D eigenvalue weighted by molar-refractivity contribution is 7.99. The van der Waals surface area contributed by atoms with E-state index < -0.39 is 0 Å². The first-order chi connectivity index (χ1) is 14.1. The fourth-order valence-electron chi connectivity index (χ4n) is 3.39. The lowest BCUT2D eigenvalue weighted by atomic mass is 9.86. The first kappa shape index (κ1) is 20.1. The lowest BCUT2D eigenvalue weighted by Crippen LogP contribution is -2.21. The number of H-pyrrole nitrogens is 1. The second kappa shape index (κ2) is 8.65. The minimum absolute atomic E-state index is 0.106. The zero-order chi connectivity index (χ0) is 20.4. The maximum atomic E-state index is 11.9. The number of hydrogen-bond donors (Lipinski definition) is 1. The van der Waals surface area contributed by atoms with Crippen LogP contribution >= 0.6 is 34.7 Å². The number of halogens is 1. The molecule has 0 fully saturated rings. The van der Waals surface area contributed by atoms with Crippen LogP contribution in [0, 0.1) is 5.92 Å². The van der Waals surface area contributed by atoms with E-state index in [9.17, 15) is 9.59 Å². The van der Waals surface area contributed by atoms with Crippen LogP contribution in [0.4, 0.5) is 0 Å². The zero-order valence-electron chi connectivity index (χ0n) is 15.5. The monoisotopic (exact) mass is 447 g/mol. The summed E-state index contributed by atoms with van der Waals surface area (Å²) in [6.07, 6.45) is 0.971. The summed E-state index contributed by atoms with van der Waals surface area (Å²) in [5, 5.41) is 1.49. The second-order valence-electron chi connectivity index (χ2n) is 6.59. The van der Waals surface area contributed by atoms with E-state index in [0.717, 1.165) is 38.7 Å². The van der Waals surface area contributed by atoms with Crippen LogP contribution in [0.2, 0.25) is 5.02 Å². The molecule has 1 aromatic heterocycles. The van der Waals surface area contributed by atoms with E-state index in [1.54, 1.807) is 7.11 Å². The number of aldehydes is 1. The number of ether oxygens (including phenoxy) is 2. The van der Waals surface area contributed by atoms with E-state index in [2.05, 4.69) is 4.98 Å². The van der Waals surface area contributed by atoms with Gasteiger partial charge in [-0.2, -0.15) is 0 Å². The lowest BCUT2D eigenvalue weighted by molar-refractivity contribution is -0.110. The molecule has 1 N–H and O–H groups in total. The van der Waals surface area contributed by atoms with Gasteiger partial charge in [-0.05, 0) is 23.8 Å². The van der Waals surface area contributed by atoms with Gasteiger partial charge in [0, 0.05) is 33.1 Å². The number of rotatable bonds is 6. The van der Waals surface area contributed by atoms with Crippen LogP contribution in [0.3, 0.4) is 0 Å². The minimum atomic E-state index is -0.210. The van der Waals surface area contributed by atoms with Gasteiger partial charge in [0.15, 0.2) is 11.5 Å². The van der Waals surface area contributed by atoms with E-state index in [1.165, 1.54) is 11.8 Å². The molecular weight excluding hydrogens is 430 g/mol. The molecule has 3 aromatic rings. The Morgan fingerprint density at radius 3 is 2.83 bits per heavy atom. The number of carbonyl (C=O) groups excluding carboxylic acids is 1. The van der Waals surface area contributed by atoms with Crippen LogP contribution in [0.5, 0.6) is 11.5 Å². The quantitative estimate of drug-likeness (QED) is 0.553. The molecule has 5 nitrogen and oxygen atoms in total. The van der Waals surface area contributed by atoms with E-state index in [0.29, 0.717) is 28.9 Å². The highest BCUT2D eigenvalue weighted by Gasteiger charge is 2.34. The predicted octanol–water partition coefficient (Wildman–Crippen LogP) is 4.73. The second-order valence-corrected chi connectivity index (χ2v) is 9.04. The van der Waals surface area contributed by atoms with Gasteiger partial charge in [-0.1, -0.05) is 47.2 Å². The van der Waals surface area contributed by atoms with Gasteiger partial charge in [0.2, 0.25) is 0 Å². The molecule has 2 unspecified atom stereocenters. The fourth-order valence-corrected chi connectivity index (χ4v) is 5.95. The van der Waals surface area contributed by atoms with Crippen molar-refractivity contribution in [3.63, 3.8) is 0 Å². The third-order valence-electron chi connectivity index (χ3n) is 4.84. The minimum Gasteiger partial charge on any atom is -0.493 e. The summed E-state index contributed by atoms with van der Waals surface area (Å²) in [6, 6.07) is 13.2. The molecule has 2 atom stereocenters. The highest BCUT2D eigenvalue weighted by Crippen LogP contribution is 2.46. The molecule has 2 aromatic carbocycles. The van der Waals surface area contributed by atoms with Crippen LogP contribution < -0.4 is 14.3 Å². The van der Waals surface area contributed by atoms with Gasteiger partial charge >= 0.3 is 4.87 Å². The van der Waals surface area contributed by atoms with Crippen molar-refractivity contribution in [1.29, 1.82) is 0 Å². The van der Waals surface area contributed by atoms with Crippen LogP contribution in [0.15, 0.2) is 52.3 Å². The van der Waals surface area contributed by atoms with Crippen LogP contribution in [0.1, 0.15) is 21.9 Å². The number of hydrogen-bond acceptors (Lipinski definition) is 6. The number of aromatic nitrogens is 1. The molecule has 0 radical (unpaired) electrons. The summed E-state index contributed by atoms with van der Waals surface area (Å²) >= 11 is 8.88. The Hall–Kier alpha value is -2.22. The average molecular weight is 448 g/mol. The van der Waals surface area contributed by atoms with Crippen molar-refractivity contribution < 1.29 is 14.3 Å². The lowest BCUT2D eigenvalue weighted by Gasteiger charge is -2.27. The summed E-state index contributed by atoms with van der Waals surface area (Å²) in [4.78, 5) is 27.2. The number of methoxy groups -OCH3 is 1. The third-order valence-corrected chi connectivity index (χ3v) is 7.46. The molecule has 0 bridgehead atoms. The average Bonchev–Trinajstić information content (AvgIpc) is 3.12. The molecule has 1 aliphatic rings. The number of nitrogens with one attached hydrogen (secondary N) is 1. The van der Waals surface area contributed by atoms with Crippen molar-refractivity contribution in [2.75, 3.05) is 12.9 Å². The number of aromatic amines is 1. The molecule has 0 saturated carbocycles. The first-order valence-electron chi connectivity index (χ1n) is 8.96. The van der Waals surface area contributed by atoms with E-state index in [1.807, 2.05) is 42.5 Å². The Balaban J connectivity index is 1.64. The summed E-state index contributed by atoms with van der Waals surface area (Å²) in [6.45, 7) is 0.315. The SMILES string of the molecule is COc1cc(C2c3sc(=O)[nH]c3SCC2C=O)ccc1OCc1ccccc1Cl. The maximum Gasteiger partial charge on any atom is 0.305 e. The van der Waals surface area contributed by atoms with Crippen LogP contribution in [-0.2, 0) is 11.4 Å². The van der Waals surface area contributed by atoms with E-state index in [4.69, 9.17) is 21.1 Å². The van der Waals surface area contributed by atoms with Crippen molar-refractivity contribution in [3.05, 3.63) is 73.2 Å². The van der Waals surface area contributed by atoms with Gasteiger partial charge in [-0.15, -0.1) is 11.8 Å². The molecule has 29 heavy (non-hydrogen) atoms. The molecule has 150 valence electrons. The highest BCUT2D eigenvalue weighted by atomic mass is 35.5. The summed E-state index contributed by atoms with van der Waals surface area (Å²) in [5.74, 6) is 1.40. The number of thioether (sulfide) groups is 1. The van der Waals surface area contributed by atoms with Gasteiger partial charge in [-0.3, -0.25) is 4.79 Å². The number of carbonyl (C=O) groups is 1. The molecule has 0 saturated heterocycles. The molecule has 0 aliphatic carbocycles. The molecule has 1 aliphatic heterocycles. The molecule has 2 heterocycles. The standard InChI is InChI=1S/C21H18ClNO4S2/c1-26-17-8-12(6-7-16(17)27-10-13-4-2-3-5-15(13)22)18-14(9-24)11-28-20-19(18)29-21(25)23-20/h2-9,14,18H,10-11H2,1H3,(H,23,25). The van der Waals surface area contributed by atoms with Crippen LogP contribution in [0.25, 0.3) is 0 Å². The molecule has 4 rings (SSSR count). The summed E-state index contributed by atoms with van der Waals surface area (Å²) in [7, 11) is 1.58. The van der Waals surface area contributed by atoms with Crippen molar-refractivity contribution >= 4 is 41.0 Å². The number of fused-ring (bicyclic) bond motifs is 1. The normalized spacial score (nSPS) is 18.1. The van der Waals surface area contributed by atoms with Crippen LogP contribution in [-0.4, -0.2) is 24.1 Å². The van der Waals surface area contributed by atoms with Gasteiger partial charge in [-0.25, -0.2) is 0 Å². The topological polar surface area (TPSA) is 68.4 Å². The Morgan fingerprint density at radius 1 is 1.24 bits per heavy atom. The Morgan fingerprint density at radius 2 is 2.07 bits per heavy atom. The summed E-state index contributed by atoms with van der Waals surface area (Å²) < 4.78 is 11.5. The third kappa shape index (κ3) is 4.08. The van der Waals surface area contributed by atoms with Crippen molar-refractivity contribution in [2.24, 2.45) is 5.92 Å². The zero-order valence-corrected chi connectivity index (χ0v) is 17.9. The van der Waals surface area contributed by atoms with Gasteiger partial charge in [0.25, 0.3) is 0 Å². The molecule has 0 amide bonds. The van der Waals surface area contributed by atoms with Crippen molar-refractivity contribution in [2.45, 2.75) is 17.6 Å². The Kier molecular flexibility index (Phi) is 5.99. The van der Waals surface area contributed by atoms with Crippen molar-refractivity contribution in [1.82, 2.24) is 4.98 Å². The van der Waals surface area contributed by atoms with Crippen molar-refractivity contribution in [3.8, 4) is 11.5 Å². The molecule has 8 heteroatoms. The summed E-state index contributed by atoms with van der Waals surface area (Å²) in [5.41, 5.74) is 1.80. The number of benzene rings is 2. The fraction of sp³-hybridized carbons (Fsp3) is 0.238. The van der Waals surface area contributed by atoms with Gasteiger partial charge in [0.05, 0.1) is 12.1 Å². The molecule has 0 spiro atoms. The predicted molar refractivity (Wildman–Crippen MR) is 116 cm³/mol. The Bertz CT molecular complexity index is 1090.